The van der Waals surface area contributed by atoms with Gasteiger partial charge in [0, 0.05) is 24.7 Å². The molecule has 0 unspecified atom stereocenters. The van der Waals surface area contributed by atoms with E-state index in [0.717, 1.165) is 12.2 Å². The van der Waals surface area contributed by atoms with Gasteiger partial charge in [-0.15, -0.1) is 0 Å². The Hall–Kier alpha value is -2.56. The zero-order valence-corrected chi connectivity index (χ0v) is 12.4. The quantitative estimate of drug-likeness (QED) is 0.869. The number of nitrogens with zero attached hydrogens (tertiary/aromatic N) is 2. The molecule has 0 bridgehead atoms. The molecule has 5 nitrogen and oxygen atoms in total. The number of rotatable bonds is 4. The summed E-state index contributed by atoms with van der Waals surface area (Å²) in [6.07, 6.45) is 4.23. The molecule has 1 aromatic heterocycles. The van der Waals surface area contributed by atoms with Gasteiger partial charge in [0.1, 0.15) is 17.6 Å². The van der Waals surface area contributed by atoms with E-state index in [1.165, 1.54) is 0 Å². The van der Waals surface area contributed by atoms with Crippen LogP contribution in [0.3, 0.4) is 0 Å². The zero-order valence-electron chi connectivity index (χ0n) is 12.4. The van der Waals surface area contributed by atoms with E-state index in [9.17, 15) is 4.79 Å². The Balaban J connectivity index is 1.63. The summed E-state index contributed by atoms with van der Waals surface area (Å²) in [6.45, 7) is 1.28. The Labute approximate surface area is 129 Å². The standard InChI is InChI=1S/C17H18N2O3/c1-21-14-5-2-4-13(10-14)17(20)19-9-7-16(12-19)22-15-6-3-8-18-11-15/h2-6,8,10-11,16H,7,9,12H2,1H3/t16-/m1/s1. The third kappa shape index (κ3) is 3.19. The Morgan fingerprint density at radius 1 is 1.27 bits per heavy atom. The van der Waals surface area contributed by atoms with Crippen LogP contribution in [0.1, 0.15) is 16.8 Å². The van der Waals surface area contributed by atoms with Crippen LogP contribution in [-0.2, 0) is 0 Å². The van der Waals surface area contributed by atoms with Crippen LogP contribution in [-0.4, -0.2) is 42.1 Å². The third-order valence-electron chi connectivity index (χ3n) is 3.69. The van der Waals surface area contributed by atoms with Gasteiger partial charge in [0.25, 0.3) is 5.91 Å². The van der Waals surface area contributed by atoms with Crippen LogP contribution >= 0.6 is 0 Å². The van der Waals surface area contributed by atoms with E-state index in [1.807, 2.05) is 29.2 Å². The fourth-order valence-electron chi connectivity index (χ4n) is 2.56. The number of benzene rings is 1. The molecule has 0 saturated carbocycles. The first-order valence-electron chi connectivity index (χ1n) is 7.26. The Morgan fingerprint density at radius 2 is 2.14 bits per heavy atom. The van der Waals surface area contributed by atoms with E-state index in [1.54, 1.807) is 31.6 Å². The van der Waals surface area contributed by atoms with Gasteiger partial charge in [0.2, 0.25) is 0 Å². The number of hydrogen-bond acceptors (Lipinski definition) is 4. The monoisotopic (exact) mass is 298 g/mol. The molecule has 0 aliphatic carbocycles. The first kappa shape index (κ1) is 14.4. The zero-order chi connectivity index (χ0) is 15.4. The minimum absolute atomic E-state index is 0.0104. The SMILES string of the molecule is COc1cccc(C(=O)N2CC[C@@H](Oc3cccnc3)C2)c1. The highest BCUT2D eigenvalue weighted by atomic mass is 16.5. The second kappa shape index (κ2) is 6.47. The van der Waals surface area contributed by atoms with Gasteiger partial charge in [-0.25, -0.2) is 0 Å². The number of amides is 1. The summed E-state index contributed by atoms with van der Waals surface area (Å²) in [7, 11) is 1.59. The van der Waals surface area contributed by atoms with E-state index in [-0.39, 0.29) is 12.0 Å². The molecule has 0 radical (unpaired) electrons. The van der Waals surface area contributed by atoms with Crippen molar-refractivity contribution < 1.29 is 14.3 Å². The maximum Gasteiger partial charge on any atom is 0.254 e. The highest BCUT2D eigenvalue weighted by Gasteiger charge is 2.28. The number of methoxy groups -OCH3 is 1. The van der Waals surface area contributed by atoms with Crippen LogP contribution in [0.4, 0.5) is 0 Å². The lowest BCUT2D eigenvalue weighted by atomic mass is 10.2. The smallest absolute Gasteiger partial charge is 0.254 e. The van der Waals surface area contributed by atoms with Gasteiger partial charge in [-0.05, 0) is 30.3 Å². The summed E-state index contributed by atoms with van der Waals surface area (Å²) in [5, 5.41) is 0. The Kier molecular flexibility index (Phi) is 4.23. The number of carbonyl (C=O) groups is 1. The van der Waals surface area contributed by atoms with Gasteiger partial charge >= 0.3 is 0 Å². The first-order chi connectivity index (χ1) is 10.8. The normalized spacial score (nSPS) is 17.3. The lowest BCUT2D eigenvalue weighted by Crippen LogP contribution is -2.30. The van der Waals surface area contributed by atoms with Crippen LogP contribution in [0, 0.1) is 0 Å². The average Bonchev–Trinajstić information content (AvgIpc) is 3.03. The molecular weight excluding hydrogens is 280 g/mol. The average molecular weight is 298 g/mol. The van der Waals surface area contributed by atoms with E-state index in [0.29, 0.717) is 24.4 Å². The summed E-state index contributed by atoms with van der Waals surface area (Å²) in [5.74, 6) is 1.44. The summed E-state index contributed by atoms with van der Waals surface area (Å²) in [4.78, 5) is 18.4. The fraction of sp³-hybridized carbons (Fsp3) is 0.294. The summed E-state index contributed by atoms with van der Waals surface area (Å²) >= 11 is 0. The maximum atomic E-state index is 12.5. The van der Waals surface area contributed by atoms with Crippen LogP contribution in [0.5, 0.6) is 11.5 Å². The van der Waals surface area contributed by atoms with Crippen molar-refractivity contribution in [3.63, 3.8) is 0 Å². The molecule has 1 saturated heterocycles. The van der Waals surface area contributed by atoms with Crippen LogP contribution in [0.15, 0.2) is 48.8 Å². The van der Waals surface area contributed by atoms with Gasteiger partial charge in [-0.1, -0.05) is 6.07 Å². The minimum atomic E-state index is 0.0104. The van der Waals surface area contributed by atoms with Crippen molar-refractivity contribution in [3.8, 4) is 11.5 Å². The molecule has 1 fully saturated rings. The van der Waals surface area contributed by atoms with Crippen LogP contribution in [0.25, 0.3) is 0 Å². The predicted octanol–water partition coefficient (Wildman–Crippen LogP) is 2.38. The van der Waals surface area contributed by atoms with Crippen molar-refractivity contribution in [1.82, 2.24) is 9.88 Å². The highest BCUT2D eigenvalue weighted by Crippen LogP contribution is 2.20. The van der Waals surface area contributed by atoms with Gasteiger partial charge < -0.3 is 14.4 Å². The van der Waals surface area contributed by atoms with Crippen molar-refractivity contribution in [1.29, 1.82) is 0 Å². The summed E-state index contributed by atoms with van der Waals surface area (Å²) in [5.41, 5.74) is 0.640. The summed E-state index contributed by atoms with van der Waals surface area (Å²) in [6, 6.07) is 10.9. The molecule has 3 rings (SSSR count). The minimum Gasteiger partial charge on any atom is -0.497 e. The maximum absolute atomic E-state index is 12.5. The van der Waals surface area contributed by atoms with E-state index in [4.69, 9.17) is 9.47 Å². The molecule has 2 aromatic rings. The second-order valence-electron chi connectivity index (χ2n) is 5.20. The van der Waals surface area contributed by atoms with Gasteiger partial charge in [0.05, 0.1) is 19.9 Å². The fourth-order valence-corrected chi connectivity index (χ4v) is 2.56. The number of pyridine rings is 1. The van der Waals surface area contributed by atoms with Crippen molar-refractivity contribution >= 4 is 5.91 Å². The molecule has 5 heteroatoms. The van der Waals surface area contributed by atoms with E-state index in [2.05, 4.69) is 4.98 Å². The van der Waals surface area contributed by atoms with Crippen LogP contribution < -0.4 is 9.47 Å². The van der Waals surface area contributed by atoms with Crippen molar-refractivity contribution in [3.05, 3.63) is 54.4 Å². The number of hydrogen-bond donors (Lipinski definition) is 0. The molecule has 1 aromatic carbocycles. The highest BCUT2D eigenvalue weighted by molar-refractivity contribution is 5.94. The van der Waals surface area contributed by atoms with Crippen molar-refractivity contribution in [2.24, 2.45) is 0 Å². The van der Waals surface area contributed by atoms with Gasteiger partial charge in [-0.2, -0.15) is 0 Å². The van der Waals surface area contributed by atoms with Gasteiger partial charge in [-0.3, -0.25) is 9.78 Å². The summed E-state index contributed by atoms with van der Waals surface area (Å²) < 4.78 is 11.0. The van der Waals surface area contributed by atoms with Crippen LogP contribution in [0.2, 0.25) is 0 Å². The van der Waals surface area contributed by atoms with Gasteiger partial charge in [0.15, 0.2) is 0 Å². The Morgan fingerprint density at radius 3 is 2.91 bits per heavy atom. The lowest BCUT2D eigenvalue weighted by Gasteiger charge is -2.17. The molecule has 114 valence electrons. The number of ether oxygens (including phenoxy) is 2. The Bertz CT molecular complexity index is 645. The van der Waals surface area contributed by atoms with E-state index >= 15 is 0 Å². The van der Waals surface area contributed by atoms with Crippen molar-refractivity contribution in [2.75, 3.05) is 20.2 Å². The number of likely N-dealkylation sites (tertiary alicyclic amines) is 1. The molecule has 0 spiro atoms. The first-order valence-corrected chi connectivity index (χ1v) is 7.26. The largest absolute Gasteiger partial charge is 0.497 e. The molecule has 1 aliphatic heterocycles. The van der Waals surface area contributed by atoms with Crippen molar-refractivity contribution in [2.45, 2.75) is 12.5 Å². The predicted molar refractivity (Wildman–Crippen MR) is 82.2 cm³/mol. The molecule has 1 aliphatic rings. The number of aromatic nitrogens is 1. The number of carbonyl (C=O) groups excluding carboxylic acids is 1. The molecule has 0 N–H and O–H groups in total. The lowest BCUT2D eigenvalue weighted by molar-refractivity contribution is 0.0772. The topological polar surface area (TPSA) is 51.7 Å². The molecule has 1 atom stereocenters. The third-order valence-corrected chi connectivity index (χ3v) is 3.69. The molecule has 2 heterocycles. The van der Waals surface area contributed by atoms with E-state index < -0.39 is 0 Å². The molecular formula is C17H18N2O3. The molecule has 1 amide bonds. The molecule has 22 heavy (non-hydrogen) atoms. The second-order valence-corrected chi connectivity index (χ2v) is 5.20.